The van der Waals surface area contributed by atoms with E-state index in [0.29, 0.717) is 51.6 Å². The largest absolute Gasteiger partial charge is 0.369 e. The summed E-state index contributed by atoms with van der Waals surface area (Å²) >= 11 is 0. The van der Waals surface area contributed by atoms with Gasteiger partial charge < -0.3 is 24.5 Å². The number of nitrogens with zero attached hydrogens (tertiary/aromatic N) is 4. The summed E-state index contributed by atoms with van der Waals surface area (Å²) in [6, 6.07) is 18.9. The smallest absolute Gasteiger partial charge is 0.276 e. The molecule has 0 aromatic heterocycles. The van der Waals surface area contributed by atoms with Gasteiger partial charge in [0.15, 0.2) is 6.29 Å². The monoisotopic (exact) mass is 554 g/mol. The van der Waals surface area contributed by atoms with E-state index in [-0.39, 0.29) is 17.6 Å². The molecular formula is C29H38N4O5S. The number of carbonyl (C=O) groups excluding carboxylic acids is 1. The van der Waals surface area contributed by atoms with E-state index in [1.54, 1.807) is 9.21 Å². The summed E-state index contributed by atoms with van der Waals surface area (Å²) in [5, 5.41) is 10.5. The van der Waals surface area contributed by atoms with Crippen LogP contribution >= 0.6 is 0 Å². The summed E-state index contributed by atoms with van der Waals surface area (Å²) in [4.78, 5) is 20.0. The Morgan fingerprint density at radius 2 is 1.62 bits per heavy atom. The number of likely N-dealkylation sites (tertiary alicyclic amines) is 1. The first-order valence-electron chi connectivity index (χ1n) is 13.8. The number of hydrogen-bond acceptors (Lipinski definition) is 7. The Morgan fingerprint density at radius 1 is 0.949 bits per heavy atom. The highest BCUT2D eigenvalue weighted by atomic mass is 32.2. The Labute approximate surface area is 231 Å². The quantitative estimate of drug-likeness (QED) is 0.476. The van der Waals surface area contributed by atoms with Crippen molar-refractivity contribution in [3.63, 3.8) is 0 Å². The van der Waals surface area contributed by atoms with E-state index >= 15 is 0 Å². The van der Waals surface area contributed by atoms with Crippen molar-refractivity contribution in [3.8, 4) is 0 Å². The fourth-order valence-electron chi connectivity index (χ4n) is 5.80. The summed E-state index contributed by atoms with van der Waals surface area (Å²) in [7, 11) is -3.44. The molecule has 0 saturated carbocycles. The van der Waals surface area contributed by atoms with E-state index in [1.165, 1.54) is 0 Å². The molecular weight excluding hydrogens is 516 g/mol. The van der Waals surface area contributed by atoms with Crippen molar-refractivity contribution in [2.75, 3.05) is 57.3 Å². The van der Waals surface area contributed by atoms with Crippen LogP contribution in [0.1, 0.15) is 25.3 Å². The molecule has 1 amide bonds. The normalized spacial score (nSPS) is 22.1. The summed E-state index contributed by atoms with van der Waals surface area (Å²) in [6.45, 7) is 5.78. The fourth-order valence-corrected chi connectivity index (χ4v) is 7.31. The maximum absolute atomic E-state index is 13.9. The van der Waals surface area contributed by atoms with Crippen LogP contribution in [-0.2, 0) is 25.3 Å². The Hall–Kier alpha value is -2.92. The topological polar surface area (TPSA) is 93.6 Å². The van der Waals surface area contributed by atoms with Gasteiger partial charge in [-0.15, -0.1) is 0 Å². The van der Waals surface area contributed by atoms with Gasteiger partial charge in [0.25, 0.3) is 5.91 Å². The fraction of sp³-hybridized carbons (Fsp3) is 0.483. The van der Waals surface area contributed by atoms with Crippen molar-refractivity contribution >= 4 is 21.6 Å². The number of aliphatic hydroxyl groups excluding tert-OH is 1. The third-order valence-electron chi connectivity index (χ3n) is 7.82. The minimum Gasteiger partial charge on any atom is -0.369 e. The molecule has 3 aliphatic heterocycles. The molecule has 2 unspecified atom stereocenters. The Kier molecular flexibility index (Phi) is 8.56. The number of rotatable bonds is 9. The molecule has 39 heavy (non-hydrogen) atoms. The third kappa shape index (κ3) is 6.14. The molecule has 0 aliphatic carbocycles. The summed E-state index contributed by atoms with van der Waals surface area (Å²) < 4.78 is 33.3. The second-order valence-corrected chi connectivity index (χ2v) is 12.3. The second kappa shape index (κ2) is 12.1. The van der Waals surface area contributed by atoms with Gasteiger partial charge in [-0.3, -0.25) is 4.79 Å². The molecule has 10 heteroatoms. The Morgan fingerprint density at radius 3 is 2.28 bits per heavy atom. The van der Waals surface area contributed by atoms with Gasteiger partial charge in [0.05, 0.1) is 18.0 Å². The number of amides is 1. The zero-order valence-corrected chi connectivity index (χ0v) is 23.3. The first kappa shape index (κ1) is 27.6. The highest BCUT2D eigenvalue weighted by molar-refractivity contribution is 7.88. The highest BCUT2D eigenvalue weighted by Crippen LogP contribution is 2.33. The first-order valence-corrected chi connectivity index (χ1v) is 15.4. The van der Waals surface area contributed by atoms with Crippen molar-refractivity contribution in [1.82, 2.24) is 14.1 Å². The van der Waals surface area contributed by atoms with Crippen molar-refractivity contribution in [2.45, 2.75) is 31.8 Å². The lowest BCUT2D eigenvalue weighted by atomic mass is 9.96. The van der Waals surface area contributed by atoms with E-state index in [1.807, 2.05) is 67.6 Å². The lowest BCUT2D eigenvalue weighted by Crippen LogP contribution is -2.49. The van der Waals surface area contributed by atoms with Crippen molar-refractivity contribution < 1.29 is 23.1 Å². The molecule has 3 aliphatic rings. The van der Waals surface area contributed by atoms with Gasteiger partial charge in [-0.05, 0) is 37.5 Å². The van der Waals surface area contributed by atoms with Gasteiger partial charge in [-0.1, -0.05) is 48.5 Å². The Balaban J connectivity index is 1.36. The number of para-hydroxylation sites is 1. The summed E-state index contributed by atoms with van der Waals surface area (Å²) in [6.07, 6.45) is 0.840. The van der Waals surface area contributed by atoms with Crippen LogP contribution in [0.2, 0.25) is 0 Å². The van der Waals surface area contributed by atoms with Crippen LogP contribution in [0.3, 0.4) is 0 Å². The van der Waals surface area contributed by atoms with E-state index in [2.05, 4.69) is 9.80 Å². The molecule has 1 N–H and O–H groups in total. The minimum absolute atomic E-state index is 0.0145. The van der Waals surface area contributed by atoms with Crippen LogP contribution in [0.5, 0.6) is 0 Å². The standard InChI is InChI=1S/C29H38N4O5S/c1-2-38-29(35)24-12-9-15-31(20-24)27-26(21-33(28(27)34)25-13-7-4-8-14-25)30-16-18-32(19-17-30)39(36,37)22-23-10-5-3-6-11-23/h3-8,10-11,13-14,24,29,35H,2,9,12,15-22H2,1H3. The average molecular weight is 555 g/mol. The summed E-state index contributed by atoms with van der Waals surface area (Å²) in [5.74, 6) is -0.146. The molecule has 2 aromatic carbocycles. The molecule has 3 heterocycles. The van der Waals surface area contributed by atoms with Crippen LogP contribution in [0, 0.1) is 5.92 Å². The molecule has 2 saturated heterocycles. The maximum atomic E-state index is 13.9. The van der Waals surface area contributed by atoms with E-state index in [0.717, 1.165) is 36.3 Å². The molecule has 9 nitrogen and oxygen atoms in total. The molecule has 2 atom stereocenters. The lowest BCUT2D eigenvalue weighted by Gasteiger charge is -2.39. The molecule has 2 aromatic rings. The highest BCUT2D eigenvalue weighted by Gasteiger charge is 2.41. The number of piperazine rings is 1. The molecule has 5 rings (SSSR count). The van der Waals surface area contributed by atoms with E-state index < -0.39 is 16.3 Å². The Bertz CT molecular complexity index is 1260. The number of sulfonamides is 1. The van der Waals surface area contributed by atoms with Crippen LogP contribution in [-0.4, -0.2) is 92.2 Å². The predicted octanol–water partition coefficient (Wildman–Crippen LogP) is 2.46. The van der Waals surface area contributed by atoms with Crippen molar-refractivity contribution in [2.24, 2.45) is 5.92 Å². The number of hydrogen-bond donors (Lipinski definition) is 1. The first-order chi connectivity index (χ1) is 18.9. The zero-order chi connectivity index (χ0) is 27.4. The number of anilines is 1. The van der Waals surface area contributed by atoms with Gasteiger partial charge in [0.2, 0.25) is 10.0 Å². The van der Waals surface area contributed by atoms with Crippen LogP contribution in [0.25, 0.3) is 0 Å². The average Bonchev–Trinajstić information content (AvgIpc) is 3.31. The molecule has 0 radical (unpaired) electrons. The molecule has 0 bridgehead atoms. The molecule has 0 spiro atoms. The number of carbonyl (C=O) groups is 1. The maximum Gasteiger partial charge on any atom is 0.276 e. The lowest BCUT2D eigenvalue weighted by molar-refractivity contribution is -0.141. The van der Waals surface area contributed by atoms with Gasteiger partial charge >= 0.3 is 0 Å². The third-order valence-corrected chi connectivity index (χ3v) is 9.67. The second-order valence-electron chi connectivity index (χ2n) is 10.3. The summed E-state index contributed by atoms with van der Waals surface area (Å²) in [5.41, 5.74) is 3.20. The number of piperidine rings is 1. The number of benzene rings is 2. The van der Waals surface area contributed by atoms with Crippen LogP contribution in [0.4, 0.5) is 5.69 Å². The molecule has 2 fully saturated rings. The van der Waals surface area contributed by atoms with E-state index in [4.69, 9.17) is 4.74 Å². The number of ether oxygens (including phenoxy) is 1. The van der Waals surface area contributed by atoms with Crippen LogP contribution < -0.4 is 4.90 Å². The van der Waals surface area contributed by atoms with Gasteiger partial charge in [-0.25, -0.2) is 8.42 Å². The van der Waals surface area contributed by atoms with Crippen molar-refractivity contribution in [3.05, 3.63) is 77.6 Å². The van der Waals surface area contributed by atoms with Gasteiger partial charge in [0.1, 0.15) is 5.70 Å². The number of aliphatic hydroxyl groups is 1. The SMILES string of the molecule is CCOC(O)C1CCCN(C2=C(N3CCN(S(=O)(=O)Cc4ccccc4)CC3)CN(c3ccccc3)C2=O)C1. The zero-order valence-electron chi connectivity index (χ0n) is 22.5. The van der Waals surface area contributed by atoms with Gasteiger partial charge in [-0.2, -0.15) is 4.31 Å². The van der Waals surface area contributed by atoms with E-state index in [9.17, 15) is 18.3 Å². The van der Waals surface area contributed by atoms with Crippen LogP contribution in [0.15, 0.2) is 72.1 Å². The van der Waals surface area contributed by atoms with Crippen molar-refractivity contribution in [1.29, 1.82) is 0 Å². The minimum atomic E-state index is -3.44. The predicted molar refractivity (Wildman–Crippen MR) is 150 cm³/mol. The van der Waals surface area contributed by atoms with Gasteiger partial charge in [0, 0.05) is 57.5 Å². The molecule has 210 valence electrons.